The Balaban J connectivity index is 1.51. The molecule has 1 heterocycles. The highest BCUT2D eigenvalue weighted by Gasteiger charge is 2.61. The second-order valence-corrected chi connectivity index (χ2v) is 15.6. The molecule has 0 radical (unpaired) electrons. The van der Waals surface area contributed by atoms with Crippen LogP contribution >= 0.6 is 0 Å². The number of carboxylic acids is 1. The topological polar surface area (TPSA) is 111 Å². The number of hydrogen-bond donors (Lipinski definition) is 4. The van der Waals surface area contributed by atoms with E-state index in [0.29, 0.717) is 11.1 Å². The lowest BCUT2D eigenvalue weighted by atomic mass is 9.39. The molecule has 1 aromatic heterocycles. The van der Waals surface area contributed by atoms with E-state index in [1.807, 2.05) is 38.2 Å². The average molecular weight is 598 g/mol. The van der Waals surface area contributed by atoms with Crippen molar-refractivity contribution < 1.29 is 24.9 Å². The summed E-state index contributed by atoms with van der Waals surface area (Å²) in [6.45, 7) is 15.4. The van der Waals surface area contributed by atoms with Crippen LogP contribution in [0.15, 0.2) is 42.1 Å². The summed E-state index contributed by atoms with van der Waals surface area (Å²) in [4.78, 5) is 26.9. The zero-order valence-corrected chi connectivity index (χ0v) is 27.2. The van der Waals surface area contributed by atoms with Gasteiger partial charge in [-0.1, -0.05) is 53.2 Å². The van der Waals surface area contributed by atoms with E-state index in [2.05, 4.69) is 45.7 Å². The molecule has 3 aliphatic rings. The van der Waals surface area contributed by atoms with E-state index in [1.165, 1.54) is 5.57 Å². The highest BCUT2D eigenvalue weighted by Crippen LogP contribution is 2.71. The second-order valence-electron chi connectivity index (χ2n) is 15.6. The number of aromatic hydroxyl groups is 2. The number of hydrogen-bond acceptors (Lipinski definition) is 4. The third-order valence-corrected chi connectivity index (χ3v) is 12.8. The lowest BCUT2D eigenvalue weighted by Crippen LogP contribution is -2.56. The predicted octanol–water partition coefficient (Wildman–Crippen LogP) is 8.77. The summed E-state index contributed by atoms with van der Waals surface area (Å²) in [6, 6.07) is 7.50. The molecule has 0 aliphatic heterocycles. The number of carbonyl (C=O) groups excluding carboxylic acids is 1. The molecule has 4 N–H and O–H groups in total. The van der Waals surface area contributed by atoms with Crippen LogP contribution in [-0.4, -0.2) is 32.6 Å². The number of carboxylic acid groups (broad SMARTS) is 1. The van der Waals surface area contributed by atoms with Crippen LogP contribution in [0.25, 0.3) is 10.9 Å². The molecule has 2 unspecified atom stereocenters. The fourth-order valence-electron chi connectivity index (χ4n) is 9.84. The van der Waals surface area contributed by atoms with E-state index in [4.69, 9.17) is 0 Å². The smallest absolute Gasteiger partial charge is 0.306 e. The van der Waals surface area contributed by atoms with Gasteiger partial charge in [-0.2, -0.15) is 0 Å². The molecular formula is C38H47NO5. The van der Waals surface area contributed by atoms with Crippen molar-refractivity contribution in [3.8, 4) is 11.5 Å². The summed E-state index contributed by atoms with van der Waals surface area (Å²) in [7, 11) is 0. The van der Waals surface area contributed by atoms with Crippen molar-refractivity contribution in [2.24, 2.45) is 28.1 Å². The number of allylic oxidation sites excluding steroid dienone is 2. The number of benzene rings is 2. The summed E-state index contributed by atoms with van der Waals surface area (Å²) in [6.07, 6.45) is 11.3. The number of fused-ring (bicyclic) bond motifs is 6. The Morgan fingerprint density at radius 2 is 1.80 bits per heavy atom. The molecule has 3 aliphatic carbocycles. The third kappa shape index (κ3) is 4.27. The van der Waals surface area contributed by atoms with Gasteiger partial charge in [-0.3, -0.25) is 9.59 Å². The van der Waals surface area contributed by atoms with E-state index in [0.717, 1.165) is 72.4 Å². The van der Waals surface area contributed by atoms with Crippen LogP contribution in [0.2, 0.25) is 0 Å². The van der Waals surface area contributed by atoms with E-state index in [-0.39, 0.29) is 50.9 Å². The first-order valence-corrected chi connectivity index (χ1v) is 16.2. The number of phenols is 2. The molecule has 0 saturated heterocycles. The molecule has 44 heavy (non-hydrogen) atoms. The zero-order valence-electron chi connectivity index (χ0n) is 27.2. The Morgan fingerprint density at radius 3 is 2.48 bits per heavy atom. The summed E-state index contributed by atoms with van der Waals surface area (Å²) >= 11 is 0. The fourth-order valence-corrected chi connectivity index (χ4v) is 9.84. The third-order valence-electron chi connectivity index (χ3n) is 12.8. The number of nitrogens with one attached hydrogen (secondary N) is 1. The minimum Gasteiger partial charge on any atom is -0.504 e. The number of rotatable bonds is 6. The maximum atomic E-state index is 11.8. The summed E-state index contributed by atoms with van der Waals surface area (Å²) in [5, 5.41) is 32.6. The number of H-pyrrole nitrogens is 1. The van der Waals surface area contributed by atoms with Crippen LogP contribution < -0.4 is 0 Å². The molecule has 7 atom stereocenters. The lowest BCUT2D eigenvalue weighted by Gasteiger charge is -2.65. The van der Waals surface area contributed by atoms with Gasteiger partial charge in [-0.25, -0.2) is 0 Å². The second kappa shape index (κ2) is 9.98. The van der Waals surface area contributed by atoms with Gasteiger partial charge in [-0.05, 0) is 114 Å². The molecule has 0 spiro atoms. The molecule has 6 nitrogen and oxygen atoms in total. The fraction of sp³-hybridized carbons (Fsp3) is 0.526. The van der Waals surface area contributed by atoms with Gasteiger partial charge >= 0.3 is 5.97 Å². The van der Waals surface area contributed by atoms with Gasteiger partial charge in [0.1, 0.15) is 6.29 Å². The van der Waals surface area contributed by atoms with Gasteiger partial charge in [0.25, 0.3) is 0 Å². The Bertz CT molecular complexity index is 1720. The monoisotopic (exact) mass is 597 g/mol. The molecule has 234 valence electrons. The summed E-state index contributed by atoms with van der Waals surface area (Å²) < 4.78 is 0. The Labute approximate surface area is 260 Å². The standard InChI is InChI=1S/C38H47NO5/c1-21(22(2)34(43)44)17-35(4)10-13-38(7)31-15-26(27-18-39-29-9-8-24(19-40)14-25(27)29)32-23(3)33(42)30(41)16-28(32)37(31,6)12-11-36(38,5)20-35/h8-9,14-16,18-19,21-22,26,39,41-42H,10-13,17,20H2,1-7H3,(H,43,44)/t21-,22?,26?,35-,36-,37-,38+/m0/s1. The maximum Gasteiger partial charge on any atom is 0.306 e. The number of aromatic amines is 1. The van der Waals surface area contributed by atoms with Gasteiger partial charge in [0.15, 0.2) is 11.5 Å². The predicted molar refractivity (Wildman–Crippen MR) is 173 cm³/mol. The normalized spacial score (nSPS) is 32.6. The maximum absolute atomic E-state index is 11.8. The van der Waals surface area contributed by atoms with Crippen molar-refractivity contribution >= 4 is 23.2 Å². The lowest BCUT2D eigenvalue weighted by molar-refractivity contribution is -0.143. The number of aldehydes is 1. The molecule has 2 saturated carbocycles. The van der Waals surface area contributed by atoms with Crippen molar-refractivity contribution in [2.75, 3.05) is 0 Å². The van der Waals surface area contributed by atoms with E-state index >= 15 is 0 Å². The first-order chi connectivity index (χ1) is 20.6. The van der Waals surface area contributed by atoms with Crippen LogP contribution in [0, 0.1) is 35.0 Å². The van der Waals surface area contributed by atoms with Gasteiger partial charge in [0.2, 0.25) is 0 Å². The molecule has 2 fully saturated rings. The van der Waals surface area contributed by atoms with E-state index < -0.39 is 5.97 Å². The quantitative estimate of drug-likeness (QED) is 0.129. The first kappa shape index (κ1) is 30.5. The molecule has 0 amide bonds. The SMILES string of the molecule is Cc1c(O)c(O)cc2c1C(c1c[nH]c3ccc(C=O)cc13)C=C1[C@@]2(C)CC[C@@]2(C)C[C@](C)(C[C@H](C)C(C)C(=O)O)CC[C@]12C. The number of aromatic nitrogens is 1. The van der Waals surface area contributed by atoms with Crippen molar-refractivity contribution in [3.05, 3.63) is 69.9 Å². The van der Waals surface area contributed by atoms with Gasteiger partial charge in [0, 0.05) is 34.0 Å². The van der Waals surface area contributed by atoms with Gasteiger partial charge in [-0.15, -0.1) is 0 Å². The largest absolute Gasteiger partial charge is 0.504 e. The van der Waals surface area contributed by atoms with Crippen LogP contribution in [-0.2, 0) is 10.2 Å². The van der Waals surface area contributed by atoms with E-state index in [1.54, 1.807) is 6.07 Å². The van der Waals surface area contributed by atoms with Gasteiger partial charge < -0.3 is 20.3 Å². The van der Waals surface area contributed by atoms with Crippen molar-refractivity contribution in [1.29, 1.82) is 0 Å². The van der Waals surface area contributed by atoms with Crippen LogP contribution in [0.1, 0.15) is 119 Å². The Hall–Kier alpha value is -3.54. The van der Waals surface area contributed by atoms with Crippen LogP contribution in [0.3, 0.4) is 0 Å². The molecule has 3 aromatic rings. The molecule has 0 bridgehead atoms. The van der Waals surface area contributed by atoms with Crippen molar-refractivity contribution in [3.63, 3.8) is 0 Å². The highest BCUT2D eigenvalue weighted by molar-refractivity contribution is 5.90. The van der Waals surface area contributed by atoms with Crippen molar-refractivity contribution in [1.82, 2.24) is 4.98 Å². The Morgan fingerprint density at radius 1 is 1.07 bits per heavy atom. The Kier molecular flexibility index (Phi) is 6.92. The zero-order chi connectivity index (χ0) is 32.0. The molecule has 6 rings (SSSR count). The van der Waals surface area contributed by atoms with Gasteiger partial charge in [0.05, 0.1) is 5.92 Å². The first-order valence-electron chi connectivity index (χ1n) is 16.2. The van der Waals surface area contributed by atoms with Crippen LogP contribution in [0.5, 0.6) is 11.5 Å². The minimum atomic E-state index is -0.722. The van der Waals surface area contributed by atoms with Crippen molar-refractivity contribution in [2.45, 2.75) is 98.3 Å². The molecule has 6 heteroatoms. The summed E-state index contributed by atoms with van der Waals surface area (Å²) in [5.41, 5.74) is 6.48. The highest BCUT2D eigenvalue weighted by atomic mass is 16.4. The molecular weight excluding hydrogens is 550 g/mol. The number of aliphatic carboxylic acids is 1. The summed E-state index contributed by atoms with van der Waals surface area (Å²) in [5.74, 6) is -1.32. The van der Waals surface area contributed by atoms with E-state index in [9.17, 15) is 24.9 Å². The van der Waals surface area contributed by atoms with Crippen LogP contribution in [0.4, 0.5) is 0 Å². The average Bonchev–Trinajstić information content (AvgIpc) is 3.39. The molecule has 2 aromatic carbocycles. The number of carbonyl (C=O) groups is 2. The number of phenolic OH excluding ortho intramolecular Hbond substituents is 2. The minimum absolute atomic E-state index is 0.0124.